The lowest BCUT2D eigenvalue weighted by Gasteiger charge is -2.10. The summed E-state index contributed by atoms with van der Waals surface area (Å²) in [6, 6.07) is 15.4. The van der Waals surface area contributed by atoms with Gasteiger partial charge in [-0.05, 0) is 47.5 Å². The van der Waals surface area contributed by atoms with Gasteiger partial charge >= 0.3 is 0 Å². The molecule has 0 unspecified atom stereocenters. The van der Waals surface area contributed by atoms with Gasteiger partial charge < -0.3 is 13.7 Å². The highest BCUT2D eigenvalue weighted by molar-refractivity contribution is 5.90. The maximum absolute atomic E-state index is 14.1. The zero-order valence-corrected chi connectivity index (χ0v) is 17.2. The van der Waals surface area contributed by atoms with Gasteiger partial charge in [-0.15, -0.1) is 10.2 Å². The van der Waals surface area contributed by atoms with E-state index in [0.717, 1.165) is 23.0 Å². The second kappa shape index (κ2) is 7.73. The number of hydrogen-bond donors (Lipinski definition) is 0. The van der Waals surface area contributed by atoms with Gasteiger partial charge in [-0.25, -0.2) is 9.37 Å². The van der Waals surface area contributed by atoms with E-state index in [1.807, 2.05) is 24.3 Å². The van der Waals surface area contributed by atoms with E-state index >= 15 is 0 Å². The highest BCUT2D eigenvalue weighted by atomic mass is 19.1. The molecule has 8 heteroatoms. The average molecular weight is 428 g/mol. The maximum Gasteiger partial charge on any atom is 0.227 e. The summed E-state index contributed by atoms with van der Waals surface area (Å²) in [5.41, 5.74) is 4.40. The van der Waals surface area contributed by atoms with Crippen LogP contribution in [0.25, 0.3) is 45.1 Å². The van der Waals surface area contributed by atoms with Crippen molar-refractivity contribution in [3.63, 3.8) is 0 Å². The molecule has 0 saturated carbocycles. The molecular weight excluding hydrogens is 411 g/mol. The van der Waals surface area contributed by atoms with Gasteiger partial charge in [-0.1, -0.05) is 18.2 Å². The van der Waals surface area contributed by atoms with E-state index in [2.05, 4.69) is 15.2 Å². The highest BCUT2D eigenvalue weighted by Crippen LogP contribution is 2.36. The van der Waals surface area contributed by atoms with Crippen molar-refractivity contribution < 1.29 is 18.3 Å². The number of carbonyl (C=O) groups is 1. The predicted octanol–water partition coefficient (Wildman–Crippen LogP) is 4.92. The number of benzene rings is 3. The van der Waals surface area contributed by atoms with E-state index in [1.54, 1.807) is 36.1 Å². The van der Waals surface area contributed by atoms with Gasteiger partial charge in [0.2, 0.25) is 5.89 Å². The Morgan fingerprint density at radius 3 is 2.66 bits per heavy atom. The van der Waals surface area contributed by atoms with Crippen molar-refractivity contribution in [2.24, 2.45) is 7.05 Å². The summed E-state index contributed by atoms with van der Waals surface area (Å²) < 4.78 is 27.1. The predicted molar refractivity (Wildman–Crippen MR) is 117 cm³/mol. The van der Waals surface area contributed by atoms with Crippen LogP contribution in [0.5, 0.6) is 5.75 Å². The van der Waals surface area contributed by atoms with Crippen molar-refractivity contribution in [1.82, 2.24) is 19.7 Å². The van der Waals surface area contributed by atoms with Gasteiger partial charge in [0.15, 0.2) is 17.2 Å². The molecule has 0 fully saturated rings. The Bertz CT molecular complexity index is 1470. The lowest BCUT2D eigenvalue weighted by molar-refractivity contribution is 0.112. The van der Waals surface area contributed by atoms with Gasteiger partial charge in [0, 0.05) is 23.7 Å². The summed E-state index contributed by atoms with van der Waals surface area (Å²) in [7, 11) is 3.31. The quantitative estimate of drug-likeness (QED) is 0.370. The van der Waals surface area contributed by atoms with Crippen LogP contribution in [0, 0.1) is 5.82 Å². The van der Waals surface area contributed by atoms with Gasteiger partial charge in [0.25, 0.3) is 0 Å². The Morgan fingerprint density at radius 1 is 1.06 bits per heavy atom. The standard InChI is InChI=1S/C24H17FN4O3/c1-29-13-26-28-23(29)19-11-17(25)6-7-18(19)15-4-3-5-16(10-15)24-27-20-8-14(12-30)9-21(31-2)22(20)32-24/h3-13H,1-2H3. The van der Waals surface area contributed by atoms with Crippen LogP contribution in [0.4, 0.5) is 4.39 Å². The number of oxazole rings is 1. The number of carbonyl (C=O) groups excluding carboxylic acids is 1. The molecule has 0 amide bonds. The SMILES string of the molecule is COc1cc(C=O)cc2nc(-c3cccc(-c4ccc(F)cc4-c4nncn4C)c3)oc12. The van der Waals surface area contributed by atoms with Gasteiger partial charge in [-0.2, -0.15) is 0 Å². The van der Waals surface area contributed by atoms with Crippen LogP contribution in [0.2, 0.25) is 0 Å². The largest absolute Gasteiger partial charge is 0.493 e. The van der Waals surface area contributed by atoms with Crippen molar-refractivity contribution in [3.05, 3.63) is 72.3 Å². The van der Waals surface area contributed by atoms with E-state index in [1.165, 1.54) is 19.2 Å². The van der Waals surface area contributed by atoms with Gasteiger partial charge in [-0.3, -0.25) is 4.79 Å². The third kappa shape index (κ3) is 3.31. The van der Waals surface area contributed by atoms with Crippen LogP contribution in [-0.4, -0.2) is 33.1 Å². The second-order valence-corrected chi connectivity index (χ2v) is 7.24. The average Bonchev–Trinajstić information content (AvgIpc) is 3.44. The summed E-state index contributed by atoms with van der Waals surface area (Å²) in [6.07, 6.45) is 2.30. The number of methoxy groups -OCH3 is 1. The summed E-state index contributed by atoms with van der Waals surface area (Å²) in [5, 5.41) is 8.04. The highest BCUT2D eigenvalue weighted by Gasteiger charge is 2.17. The molecule has 0 aliphatic heterocycles. The molecule has 0 spiro atoms. The number of aromatic nitrogens is 4. The molecule has 7 nitrogen and oxygen atoms in total. The summed E-state index contributed by atoms with van der Waals surface area (Å²) in [6.45, 7) is 0. The minimum absolute atomic E-state index is 0.361. The van der Waals surface area contributed by atoms with Gasteiger partial charge in [0.05, 0.1) is 7.11 Å². The molecule has 5 aromatic rings. The Labute approximate surface area is 182 Å². The first-order valence-electron chi connectivity index (χ1n) is 9.76. The zero-order valence-electron chi connectivity index (χ0n) is 17.2. The number of nitrogens with zero attached hydrogens (tertiary/aromatic N) is 4. The first kappa shape index (κ1) is 19.6. The Hall–Kier alpha value is -4.33. The third-order valence-corrected chi connectivity index (χ3v) is 5.19. The Morgan fingerprint density at radius 2 is 1.91 bits per heavy atom. The van der Waals surface area contributed by atoms with Crippen molar-refractivity contribution in [3.8, 4) is 39.7 Å². The molecule has 0 N–H and O–H groups in total. The first-order valence-corrected chi connectivity index (χ1v) is 9.76. The second-order valence-electron chi connectivity index (χ2n) is 7.24. The Kier molecular flexibility index (Phi) is 4.74. The number of aldehydes is 1. The smallest absolute Gasteiger partial charge is 0.227 e. The summed E-state index contributed by atoms with van der Waals surface area (Å²) in [5.74, 6) is 1.01. The monoisotopic (exact) mass is 428 g/mol. The van der Waals surface area contributed by atoms with Crippen molar-refractivity contribution in [2.45, 2.75) is 0 Å². The number of ether oxygens (including phenoxy) is 1. The molecule has 2 aromatic heterocycles. The summed E-state index contributed by atoms with van der Waals surface area (Å²) >= 11 is 0. The number of fused-ring (bicyclic) bond motifs is 1. The van der Waals surface area contributed by atoms with Crippen LogP contribution in [0.1, 0.15) is 10.4 Å². The van der Waals surface area contributed by atoms with E-state index in [9.17, 15) is 9.18 Å². The van der Waals surface area contributed by atoms with Crippen LogP contribution in [-0.2, 0) is 7.05 Å². The zero-order chi connectivity index (χ0) is 22.2. The minimum Gasteiger partial charge on any atom is -0.493 e. The molecule has 0 radical (unpaired) electrons. The molecule has 32 heavy (non-hydrogen) atoms. The molecule has 2 heterocycles. The van der Waals surface area contributed by atoms with Crippen LogP contribution >= 0.6 is 0 Å². The number of hydrogen-bond acceptors (Lipinski definition) is 6. The molecule has 158 valence electrons. The van der Waals surface area contributed by atoms with Crippen LogP contribution < -0.4 is 4.74 Å². The Balaban J connectivity index is 1.64. The fourth-order valence-corrected chi connectivity index (χ4v) is 3.67. The third-order valence-electron chi connectivity index (χ3n) is 5.19. The molecule has 0 aliphatic rings. The lowest BCUT2D eigenvalue weighted by atomic mass is 9.97. The first-order chi connectivity index (χ1) is 15.6. The molecule has 3 aromatic carbocycles. The fraction of sp³-hybridized carbons (Fsp3) is 0.0833. The van der Waals surface area contributed by atoms with Crippen molar-refractivity contribution in [1.29, 1.82) is 0 Å². The normalized spacial score (nSPS) is 11.1. The molecule has 5 rings (SSSR count). The van der Waals surface area contributed by atoms with Crippen molar-refractivity contribution >= 4 is 17.4 Å². The molecule has 0 atom stereocenters. The molecular formula is C24H17FN4O3. The van der Waals surface area contributed by atoms with E-state index in [-0.39, 0.29) is 5.82 Å². The fourth-order valence-electron chi connectivity index (χ4n) is 3.67. The van der Waals surface area contributed by atoms with Crippen molar-refractivity contribution in [2.75, 3.05) is 7.11 Å². The topological polar surface area (TPSA) is 83.0 Å². The van der Waals surface area contributed by atoms with Crippen LogP contribution in [0.3, 0.4) is 0 Å². The minimum atomic E-state index is -0.361. The molecule has 0 bridgehead atoms. The summed E-state index contributed by atoms with van der Waals surface area (Å²) in [4.78, 5) is 15.8. The van der Waals surface area contributed by atoms with E-state index in [0.29, 0.717) is 39.7 Å². The molecule has 0 aliphatic carbocycles. The van der Waals surface area contributed by atoms with E-state index < -0.39 is 0 Å². The lowest BCUT2D eigenvalue weighted by Crippen LogP contribution is -1.95. The van der Waals surface area contributed by atoms with Gasteiger partial charge in [0.1, 0.15) is 23.9 Å². The van der Waals surface area contributed by atoms with Crippen LogP contribution in [0.15, 0.2) is 65.3 Å². The number of rotatable bonds is 5. The number of halogens is 1. The molecule has 0 saturated heterocycles. The number of aryl methyl sites for hydroxylation is 1. The maximum atomic E-state index is 14.1. The van der Waals surface area contributed by atoms with E-state index in [4.69, 9.17) is 9.15 Å².